The SMILES string of the molecule is CCO[SiH](OCC)C(C)S. The number of hydrogen-bond donors (Lipinski definition) is 1. The second-order valence-electron chi connectivity index (χ2n) is 2.02. The molecular weight excluding hydrogens is 164 g/mol. The van der Waals surface area contributed by atoms with Crippen LogP contribution in [0.5, 0.6) is 0 Å². The molecule has 2 nitrogen and oxygen atoms in total. The number of thiol groups is 1. The zero-order valence-corrected chi connectivity index (χ0v) is 8.88. The molecule has 0 bridgehead atoms. The van der Waals surface area contributed by atoms with Gasteiger partial charge in [-0.15, -0.1) is 0 Å². The first kappa shape index (κ1) is 10.5. The van der Waals surface area contributed by atoms with Gasteiger partial charge in [0.05, 0.1) is 0 Å². The van der Waals surface area contributed by atoms with Crippen molar-refractivity contribution in [3.8, 4) is 0 Å². The van der Waals surface area contributed by atoms with Crippen LogP contribution in [0.25, 0.3) is 0 Å². The van der Waals surface area contributed by atoms with E-state index in [0.29, 0.717) is 0 Å². The van der Waals surface area contributed by atoms with Gasteiger partial charge < -0.3 is 8.85 Å². The van der Waals surface area contributed by atoms with Crippen molar-refractivity contribution in [3.05, 3.63) is 0 Å². The summed E-state index contributed by atoms with van der Waals surface area (Å²) in [5.74, 6) is 0. The smallest absolute Gasteiger partial charge is 0.334 e. The largest absolute Gasteiger partial charge is 0.396 e. The molecule has 0 aromatic carbocycles. The molecular formula is C6H16O2SSi. The minimum Gasteiger partial charge on any atom is -0.396 e. The average molecular weight is 180 g/mol. The van der Waals surface area contributed by atoms with E-state index in [1.54, 1.807) is 0 Å². The third kappa shape index (κ3) is 4.33. The summed E-state index contributed by atoms with van der Waals surface area (Å²) in [5.41, 5.74) is 0. The Bertz CT molecular complexity index is 74.1. The van der Waals surface area contributed by atoms with Gasteiger partial charge in [0.25, 0.3) is 0 Å². The maximum Gasteiger partial charge on any atom is 0.334 e. The Morgan fingerprint density at radius 2 is 1.70 bits per heavy atom. The van der Waals surface area contributed by atoms with Crippen LogP contribution in [0.1, 0.15) is 20.8 Å². The molecule has 0 spiro atoms. The maximum absolute atomic E-state index is 5.38. The molecule has 0 aromatic heterocycles. The molecule has 0 saturated carbocycles. The van der Waals surface area contributed by atoms with Gasteiger partial charge in [-0.25, -0.2) is 0 Å². The van der Waals surface area contributed by atoms with Crippen molar-refractivity contribution in [3.63, 3.8) is 0 Å². The fraction of sp³-hybridized carbons (Fsp3) is 1.00. The van der Waals surface area contributed by atoms with Crippen LogP contribution in [0.4, 0.5) is 0 Å². The van der Waals surface area contributed by atoms with Crippen molar-refractivity contribution in [2.75, 3.05) is 13.2 Å². The molecule has 0 aliphatic carbocycles. The highest BCUT2D eigenvalue weighted by Crippen LogP contribution is 2.02. The van der Waals surface area contributed by atoms with E-state index in [4.69, 9.17) is 8.85 Å². The monoisotopic (exact) mass is 180 g/mol. The van der Waals surface area contributed by atoms with Gasteiger partial charge in [0.2, 0.25) is 0 Å². The van der Waals surface area contributed by atoms with Gasteiger partial charge in [0, 0.05) is 18.1 Å². The van der Waals surface area contributed by atoms with Crippen molar-refractivity contribution in [1.82, 2.24) is 0 Å². The molecule has 10 heavy (non-hydrogen) atoms. The van der Waals surface area contributed by atoms with Crippen LogP contribution in [0.15, 0.2) is 0 Å². The molecule has 0 aromatic rings. The predicted molar refractivity (Wildman–Crippen MR) is 48.8 cm³/mol. The summed E-state index contributed by atoms with van der Waals surface area (Å²) in [5, 5.41) is 0. The van der Waals surface area contributed by atoms with E-state index in [9.17, 15) is 0 Å². The lowest BCUT2D eigenvalue weighted by Gasteiger charge is -2.16. The van der Waals surface area contributed by atoms with E-state index in [1.165, 1.54) is 0 Å². The van der Waals surface area contributed by atoms with Gasteiger partial charge in [-0.3, -0.25) is 0 Å². The first-order valence-corrected chi connectivity index (χ1v) is 5.76. The summed E-state index contributed by atoms with van der Waals surface area (Å²) in [4.78, 5) is 0.278. The van der Waals surface area contributed by atoms with Crippen LogP contribution in [-0.2, 0) is 8.85 Å². The second kappa shape index (κ2) is 6.21. The first-order valence-electron chi connectivity index (χ1n) is 3.63. The van der Waals surface area contributed by atoms with Crippen LogP contribution in [0.2, 0.25) is 0 Å². The average Bonchev–Trinajstić information content (AvgIpc) is 1.87. The zero-order chi connectivity index (χ0) is 7.98. The van der Waals surface area contributed by atoms with E-state index in [1.807, 2.05) is 20.8 Å². The topological polar surface area (TPSA) is 18.5 Å². The molecule has 0 fully saturated rings. The van der Waals surface area contributed by atoms with E-state index in [2.05, 4.69) is 12.6 Å². The normalized spacial score (nSPS) is 14.1. The van der Waals surface area contributed by atoms with E-state index < -0.39 is 9.28 Å². The molecule has 1 atom stereocenters. The van der Waals surface area contributed by atoms with Crippen LogP contribution < -0.4 is 0 Å². The van der Waals surface area contributed by atoms with E-state index in [0.717, 1.165) is 13.2 Å². The van der Waals surface area contributed by atoms with Crippen LogP contribution >= 0.6 is 12.6 Å². The minimum atomic E-state index is -1.44. The van der Waals surface area contributed by atoms with Gasteiger partial charge in [-0.1, -0.05) is 6.92 Å². The van der Waals surface area contributed by atoms with Crippen LogP contribution in [0, 0.1) is 0 Å². The summed E-state index contributed by atoms with van der Waals surface area (Å²) in [6.45, 7) is 7.46. The Morgan fingerprint density at radius 3 is 1.90 bits per heavy atom. The van der Waals surface area contributed by atoms with Crippen molar-refractivity contribution in [2.24, 2.45) is 0 Å². The van der Waals surface area contributed by atoms with Gasteiger partial charge in [-0.05, 0) is 13.8 Å². The molecule has 0 N–H and O–H groups in total. The van der Waals surface area contributed by atoms with Crippen LogP contribution in [-0.4, -0.2) is 27.4 Å². The first-order chi connectivity index (χ1) is 4.72. The maximum atomic E-state index is 5.38. The lowest BCUT2D eigenvalue weighted by atomic mass is 10.9. The Kier molecular flexibility index (Phi) is 6.52. The molecule has 0 amide bonds. The molecule has 0 aliphatic rings. The summed E-state index contributed by atoms with van der Waals surface area (Å²) in [6.07, 6.45) is 0. The Balaban J connectivity index is 3.50. The lowest BCUT2D eigenvalue weighted by molar-refractivity contribution is 0.213. The van der Waals surface area contributed by atoms with E-state index >= 15 is 0 Å². The molecule has 0 radical (unpaired) electrons. The van der Waals surface area contributed by atoms with Gasteiger partial charge in [0.1, 0.15) is 0 Å². The summed E-state index contributed by atoms with van der Waals surface area (Å²) < 4.78 is 10.8. The highest BCUT2D eigenvalue weighted by molar-refractivity contribution is 7.82. The summed E-state index contributed by atoms with van der Waals surface area (Å²) >= 11 is 4.27. The minimum absolute atomic E-state index is 0.278. The Hall–Kier alpha value is 0.487. The standard InChI is InChI=1S/C6H16O2SSi/c1-4-7-10(6(3)9)8-5-2/h6,9-10H,4-5H2,1-3H3. The van der Waals surface area contributed by atoms with Crippen molar-refractivity contribution < 1.29 is 8.85 Å². The fourth-order valence-electron chi connectivity index (χ4n) is 0.655. The predicted octanol–water partition coefficient (Wildman–Crippen LogP) is 1.14. The molecule has 0 heterocycles. The Morgan fingerprint density at radius 1 is 1.30 bits per heavy atom. The number of rotatable bonds is 5. The van der Waals surface area contributed by atoms with Crippen molar-refractivity contribution >= 4 is 21.9 Å². The molecule has 0 aliphatic heterocycles. The van der Waals surface area contributed by atoms with E-state index in [-0.39, 0.29) is 4.87 Å². The van der Waals surface area contributed by atoms with Crippen molar-refractivity contribution in [1.29, 1.82) is 0 Å². The van der Waals surface area contributed by atoms with Gasteiger partial charge >= 0.3 is 9.28 Å². The third-order valence-electron chi connectivity index (χ3n) is 1.06. The summed E-state index contributed by atoms with van der Waals surface area (Å²) in [7, 11) is -1.44. The Labute approximate surface area is 70.2 Å². The highest BCUT2D eigenvalue weighted by atomic mass is 32.1. The summed E-state index contributed by atoms with van der Waals surface area (Å²) in [6, 6.07) is 0. The molecule has 1 unspecified atom stereocenters. The van der Waals surface area contributed by atoms with Crippen molar-refractivity contribution in [2.45, 2.75) is 25.6 Å². The quantitative estimate of drug-likeness (QED) is 0.505. The molecule has 62 valence electrons. The highest BCUT2D eigenvalue weighted by Gasteiger charge is 2.16. The molecule has 0 saturated heterocycles. The lowest BCUT2D eigenvalue weighted by Crippen LogP contribution is -2.31. The second-order valence-corrected chi connectivity index (χ2v) is 5.80. The third-order valence-corrected chi connectivity index (χ3v) is 3.90. The molecule has 0 rings (SSSR count). The molecule has 4 heteroatoms. The van der Waals surface area contributed by atoms with Gasteiger partial charge in [-0.2, -0.15) is 12.6 Å². The van der Waals surface area contributed by atoms with Gasteiger partial charge in [0.15, 0.2) is 0 Å². The number of hydrogen-bond acceptors (Lipinski definition) is 3. The van der Waals surface area contributed by atoms with Crippen LogP contribution in [0.3, 0.4) is 0 Å². The zero-order valence-electron chi connectivity index (χ0n) is 6.83. The fourth-order valence-corrected chi connectivity index (χ4v) is 2.48.